The molecule has 0 unspecified atom stereocenters. The largest absolute Gasteiger partial charge is 0.466 e. The maximum atomic E-state index is 11.6. The highest BCUT2D eigenvalue weighted by Crippen LogP contribution is 2.09. The van der Waals surface area contributed by atoms with E-state index < -0.39 is 0 Å². The third-order valence-electron chi connectivity index (χ3n) is 4.26. The molecule has 0 fully saturated rings. The average Bonchev–Trinajstić information content (AvgIpc) is 2.67. The van der Waals surface area contributed by atoms with Gasteiger partial charge in [-0.3, -0.25) is 4.79 Å². The van der Waals surface area contributed by atoms with E-state index in [1.54, 1.807) is 0 Å². The van der Waals surface area contributed by atoms with E-state index in [0.29, 0.717) is 19.4 Å². The maximum absolute atomic E-state index is 11.6. The minimum Gasteiger partial charge on any atom is -0.466 e. The SMILES string of the molecule is CC/C=C\C/C=C\C/C=C\CCCCCCCC(=O)OCCCCCC=O. The van der Waals surface area contributed by atoms with E-state index in [0.717, 1.165) is 64.1 Å². The van der Waals surface area contributed by atoms with Crippen molar-refractivity contribution in [3.05, 3.63) is 36.5 Å². The second-order valence-electron chi connectivity index (χ2n) is 6.84. The van der Waals surface area contributed by atoms with Crippen LogP contribution in [-0.2, 0) is 14.3 Å². The normalized spacial score (nSPS) is 11.7. The van der Waals surface area contributed by atoms with Crippen molar-refractivity contribution in [3.8, 4) is 0 Å². The molecule has 0 spiro atoms. The molecule has 0 aliphatic heterocycles. The number of rotatable bonds is 19. The molecule has 0 aromatic heterocycles. The number of allylic oxidation sites excluding steroid dienone is 6. The summed E-state index contributed by atoms with van der Waals surface area (Å²) in [6, 6.07) is 0. The van der Waals surface area contributed by atoms with E-state index in [4.69, 9.17) is 4.74 Å². The molecule has 0 bridgehead atoms. The summed E-state index contributed by atoms with van der Waals surface area (Å²) in [6.45, 7) is 2.65. The van der Waals surface area contributed by atoms with Gasteiger partial charge in [0.2, 0.25) is 0 Å². The number of hydrogen-bond donors (Lipinski definition) is 0. The second kappa shape index (κ2) is 22.4. The predicted molar refractivity (Wildman–Crippen MR) is 115 cm³/mol. The number of unbranched alkanes of at least 4 members (excludes halogenated alkanes) is 8. The Morgan fingerprint density at radius 2 is 1.30 bits per heavy atom. The van der Waals surface area contributed by atoms with Gasteiger partial charge in [-0.25, -0.2) is 0 Å². The number of carbonyl (C=O) groups is 2. The number of carbonyl (C=O) groups excluding carboxylic acids is 2. The molecule has 0 atom stereocenters. The van der Waals surface area contributed by atoms with Crippen molar-refractivity contribution in [1.29, 1.82) is 0 Å². The van der Waals surface area contributed by atoms with E-state index in [9.17, 15) is 9.59 Å². The summed E-state index contributed by atoms with van der Waals surface area (Å²) < 4.78 is 5.20. The molecule has 27 heavy (non-hydrogen) atoms. The summed E-state index contributed by atoms with van der Waals surface area (Å²) in [5, 5.41) is 0. The summed E-state index contributed by atoms with van der Waals surface area (Å²) in [4.78, 5) is 21.7. The third kappa shape index (κ3) is 22.3. The molecule has 3 heteroatoms. The molecular weight excluding hydrogens is 336 g/mol. The molecule has 0 radical (unpaired) electrons. The van der Waals surface area contributed by atoms with E-state index in [1.165, 1.54) is 19.3 Å². The van der Waals surface area contributed by atoms with Gasteiger partial charge in [0.1, 0.15) is 6.29 Å². The van der Waals surface area contributed by atoms with Gasteiger partial charge < -0.3 is 9.53 Å². The summed E-state index contributed by atoms with van der Waals surface area (Å²) in [5.74, 6) is -0.0773. The van der Waals surface area contributed by atoms with Crippen LogP contribution in [0, 0.1) is 0 Å². The highest BCUT2D eigenvalue weighted by Gasteiger charge is 2.02. The first kappa shape index (κ1) is 25.4. The van der Waals surface area contributed by atoms with Crippen LogP contribution in [-0.4, -0.2) is 18.9 Å². The van der Waals surface area contributed by atoms with Crippen LogP contribution in [0.5, 0.6) is 0 Å². The molecule has 0 heterocycles. The van der Waals surface area contributed by atoms with Crippen molar-refractivity contribution in [1.82, 2.24) is 0 Å². The van der Waals surface area contributed by atoms with E-state index in [2.05, 4.69) is 43.4 Å². The molecule has 0 amide bonds. The highest BCUT2D eigenvalue weighted by atomic mass is 16.5. The van der Waals surface area contributed by atoms with Crippen LogP contribution in [0.15, 0.2) is 36.5 Å². The molecular formula is C24H40O3. The molecule has 0 aromatic rings. The van der Waals surface area contributed by atoms with Gasteiger partial charge in [-0.2, -0.15) is 0 Å². The Hall–Kier alpha value is -1.64. The number of hydrogen-bond acceptors (Lipinski definition) is 3. The van der Waals surface area contributed by atoms with Crippen molar-refractivity contribution in [2.24, 2.45) is 0 Å². The Bertz CT molecular complexity index is 421. The Morgan fingerprint density at radius 1 is 0.704 bits per heavy atom. The molecule has 3 nitrogen and oxygen atoms in total. The van der Waals surface area contributed by atoms with Crippen LogP contribution >= 0.6 is 0 Å². The van der Waals surface area contributed by atoms with Crippen molar-refractivity contribution in [2.45, 2.75) is 96.8 Å². The Kier molecular flexibility index (Phi) is 21.0. The standard InChI is InChI=1S/C24H40O3/c1-2-3-4-5-6-7-8-9-10-11-12-13-14-15-18-21-24(26)27-23-20-17-16-19-22-25/h3-4,6-7,9-10,22H,2,5,8,11-21,23H2,1H3/b4-3-,7-6-,10-9-. The molecule has 0 aliphatic rings. The fourth-order valence-corrected chi connectivity index (χ4v) is 2.65. The van der Waals surface area contributed by atoms with Gasteiger partial charge in [0, 0.05) is 12.8 Å². The van der Waals surface area contributed by atoms with Crippen LogP contribution in [0.2, 0.25) is 0 Å². The first-order valence-corrected chi connectivity index (χ1v) is 10.9. The summed E-state index contributed by atoms with van der Waals surface area (Å²) in [7, 11) is 0. The fraction of sp³-hybridized carbons (Fsp3) is 0.667. The van der Waals surface area contributed by atoms with Gasteiger partial charge in [-0.05, 0) is 57.8 Å². The fourth-order valence-electron chi connectivity index (χ4n) is 2.65. The topological polar surface area (TPSA) is 43.4 Å². The van der Waals surface area contributed by atoms with Crippen molar-refractivity contribution >= 4 is 12.3 Å². The summed E-state index contributed by atoms with van der Waals surface area (Å²) in [5.41, 5.74) is 0. The van der Waals surface area contributed by atoms with Crippen LogP contribution < -0.4 is 0 Å². The second-order valence-corrected chi connectivity index (χ2v) is 6.84. The first-order chi connectivity index (χ1) is 13.3. The number of ether oxygens (including phenoxy) is 1. The van der Waals surface area contributed by atoms with E-state index >= 15 is 0 Å². The molecule has 0 aliphatic carbocycles. The Balaban J connectivity index is 3.29. The van der Waals surface area contributed by atoms with Crippen molar-refractivity contribution < 1.29 is 14.3 Å². The lowest BCUT2D eigenvalue weighted by molar-refractivity contribution is -0.143. The molecule has 0 N–H and O–H groups in total. The number of esters is 1. The maximum Gasteiger partial charge on any atom is 0.305 e. The monoisotopic (exact) mass is 376 g/mol. The van der Waals surface area contributed by atoms with E-state index in [1.807, 2.05) is 0 Å². The molecule has 0 saturated heterocycles. The van der Waals surface area contributed by atoms with Crippen LogP contribution in [0.4, 0.5) is 0 Å². The molecule has 0 aromatic carbocycles. The molecule has 0 saturated carbocycles. The zero-order chi connectivity index (χ0) is 19.8. The zero-order valence-electron chi connectivity index (χ0n) is 17.4. The molecule has 0 rings (SSSR count). The van der Waals surface area contributed by atoms with Gasteiger partial charge in [0.05, 0.1) is 6.61 Å². The summed E-state index contributed by atoms with van der Waals surface area (Å²) in [6.07, 6.45) is 28.2. The minimum atomic E-state index is -0.0773. The smallest absolute Gasteiger partial charge is 0.305 e. The lowest BCUT2D eigenvalue weighted by Crippen LogP contribution is -2.05. The lowest BCUT2D eigenvalue weighted by Gasteiger charge is -2.04. The van der Waals surface area contributed by atoms with Gasteiger partial charge in [0.15, 0.2) is 0 Å². The van der Waals surface area contributed by atoms with E-state index in [-0.39, 0.29) is 5.97 Å². The zero-order valence-corrected chi connectivity index (χ0v) is 17.4. The van der Waals surface area contributed by atoms with Gasteiger partial charge >= 0.3 is 5.97 Å². The highest BCUT2D eigenvalue weighted by molar-refractivity contribution is 5.69. The van der Waals surface area contributed by atoms with Crippen LogP contribution in [0.1, 0.15) is 96.8 Å². The van der Waals surface area contributed by atoms with Gasteiger partial charge in [0.25, 0.3) is 0 Å². The van der Waals surface area contributed by atoms with Gasteiger partial charge in [-0.15, -0.1) is 0 Å². The Morgan fingerprint density at radius 3 is 2.04 bits per heavy atom. The predicted octanol–water partition coefficient (Wildman–Crippen LogP) is 6.88. The molecule has 154 valence electrons. The summed E-state index contributed by atoms with van der Waals surface area (Å²) >= 11 is 0. The van der Waals surface area contributed by atoms with Crippen LogP contribution in [0.25, 0.3) is 0 Å². The average molecular weight is 377 g/mol. The third-order valence-corrected chi connectivity index (χ3v) is 4.26. The minimum absolute atomic E-state index is 0.0773. The number of aldehydes is 1. The lowest BCUT2D eigenvalue weighted by atomic mass is 10.1. The van der Waals surface area contributed by atoms with Crippen LogP contribution in [0.3, 0.4) is 0 Å². The van der Waals surface area contributed by atoms with Crippen molar-refractivity contribution in [2.75, 3.05) is 6.61 Å². The van der Waals surface area contributed by atoms with Gasteiger partial charge in [-0.1, -0.05) is 62.6 Å². The quantitative estimate of drug-likeness (QED) is 0.107. The van der Waals surface area contributed by atoms with Crippen molar-refractivity contribution in [3.63, 3.8) is 0 Å². The Labute approximate surface area is 167 Å². The first-order valence-electron chi connectivity index (χ1n) is 10.9.